The topological polar surface area (TPSA) is 231 Å². The van der Waals surface area contributed by atoms with Crippen molar-refractivity contribution in [3.05, 3.63) is 22.3 Å². The summed E-state index contributed by atoms with van der Waals surface area (Å²) < 4.78 is 0. The first-order valence-electron chi connectivity index (χ1n) is 8.60. The van der Waals surface area contributed by atoms with E-state index in [2.05, 4.69) is 31.0 Å². The van der Waals surface area contributed by atoms with Gasteiger partial charge in [0.25, 0.3) is 11.8 Å². The van der Waals surface area contributed by atoms with Crippen molar-refractivity contribution in [2.75, 3.05) is 23.1 Å². The number of tetrazole rings is 1. The third-order valence-electron chi connectivity index (χ3n) is 4.44. The summed E-state index contributed by atoms with van der Waals surface area (Å²) >= 11 is 3.40. The molecule has 2 atom stereocenters. The fourth-order valence-corrected chi connectivity index (χ4v) is 5.86. The van der Waals surface area contributed by atoms with Crippen molar-refractivity contribution in [2.45, 2.75) is 16.6 Å². The van der Waals surface area contributed by atoms with E-state index in [9.17, 15) is 24.7 Å². The summed E-state index contributed by atoms with van der Waals surface area (Å²) in [4.78, 5) is 42.9. The smallest absolute Gasteiger partial charge is 0.543 e. The Balaban J connectivity index is 0.00000306. The number of amides is 2. The molecule has 4 rings (SSSR count). The van der Waals surface area contributed by atoms with Gasteiger partial charge in [-0.05, 0) is 16.0 Å². The van der Waals surface area contributed by atoms with Gasteiger partial charge in [0.05, 0.1) is 11.7 Å². The first-order valence-corrected chi connectivity index (χ1v) is 11.5. The molecule has 0 radical (unpaired) electrons. The van der Waals surface area contributed by atoms with Gasteiger partial charge < -0.3 is 32.0 Å². The zero-order chi connectivity index (χ0) is 23.0. The molecule has 33 heavy (non-hydrogen) atoms. The molecule has 0 aliphatic carbocycles. The van der Waals surface area contributed by atoms with Crippen molar-refractivity contribution >= 4 is 63.5 Å². The number of carbonyl (C=O) groups excluding carboxylic acids is 3. The number of fused-ring (bicyclic) bond motifs is 1. The summed E-state index contributed by atoms with van der Waals surface area (Å²) in [5, 5.41) is 38.2. The molecular weight excluding hydrogens is 507 g/mol. The minimum atomic E-state index is -1.52. The van der Waals surface area contributed by atoms with Crippen molar-refractivity contribution in [3.63, 3.8) is 0 Å². The van der Waals surface area contributed by atoms with E-state index in [0.29, 0.717) is 5.57 Å². The maximum atomic E-state index is 12.7. The number of β-lactam (4-membered cyclic amide) rings is 1. The minimum absolute atomic E-state index is 0. The molecule has 15 nitrogen and oxygen atoms in total. The Morgan fingerprint density at radius 3 is 2.79 bits per heavy atom. The predicted molar refractivity (Wildman–Crippen MR) is 111 cm³/mol. The van der Waals surface area contributed by atoms with Crippen molar-refractivity contribution in [2.24, 2.45) is 5.16 Å². The summed E-state index contributed by atoms with van der Waals surface area (Å²) in [6.07, 6.45) is 0. The van der Waals surface area contributed by atoms with Crippen molar-refractivity contribution < 1.29 is 54.3 Å². The number of hydrogen-bond acceptors (Lipinski definition) is 15. The molecule has 2 aliphatic rings. The van der Waals surface area contributed by atoms with Gasteiger partial charge in [-0.1, -0.05) is 22.0 Å². The standard InChI is InChI=1S/C14H14N10O5S3.Na/c15-13-17-5(3-31-13)6(20-29)9(25)18-7-10(26)23-8(12(27)28)4(1-30-11(7)23)2-32-14-19-21-22-24(14)16;/h3,7,11,29H,1-2,16H2,(H2,15,17)(H,18,25)(H,27,28);/q;+1/p-1/b20-6-;/t7-,11+;/m1./s1. The number of nitrogens with zero attached hydrogens (tertiary/aromatic N) is 7. The number of anilines is 1. The molecule has 0 saturated carbocycles. The van der Waals surface area contributed by atoms with E-state index >= 15 is 0 Å². The summed E-state index contributed by atoms with van der Waals surface area (Å²) in [7, 11) is 0. The fourth-order valence-electron chi connectivity index (χ4n) is 3.03. The molecule has 1 saturated heterocycles. The molecule has 1 fully saturated rings. The van der Waals surface area contributed by atoms with Crippen LogP contribution in [-0.4, -0.2) is 81.8 Å². The maximum absolute atomic E-state index is 12.7. The maximum Gasteiger partial charge on any atom is 1.00 e. The van der Waals surface area contributed by atoms with Gasteiger partial charge in [0.15, 0.2) is 10.8 Å². The molecule has 4 heterocycles. The van der Waals surface area contributed by atoms with Crippen LogP contribution in [-0.2, 0) is 14.4 Å². The van der Waals surface area contributed by atoms with Gasteiger partial charge in [0.2, 0.25) is 5.16 Å². The second-order valence-corrected chi connectivity index (χ2v) is 9.25. The monoisotopic (exact) mass is 520 g/mol. The van der Waals surface area contributed by atoms with Crippen LogP contribution in [0.2, 0.25) is 0 Å². The van der Waals surface area contributed by atoms with Gasteiger partial charge in [0.1, 0.15) is 17.1 Å². The molecule has 0 aromatic carbocycles. The van der Waals surface area contributed by atoms with Crippen LogP contribution in [0.3, 0.4) is 0 Å². The summed E-state index contributed by atoms with van der Waals surface area (Å²) in [5.74, 6) is 2.94. The van der Waals surface area contributed by atoms with E-state index in [-0.39, 0.29) is 62.7 Å². The molecule has 168 valence electrons. The second kappa shape index (κ2) is 10.3. The van der Waals surface area contributed by atoms with Gasteiger partial charge in [-0.2, -0.15) is 0 Å². The number of nitrogens with two attached hydrogens (primary N) is 2. The third-order valence-corrected chi connectivity index (χ3v) is 7.48. The van der Waals surface area contributed by atoms with Crippen LogP contribution in [0.4, 0.5) is 5.13 Å². The predicted octanol–water partition coefficient (Wildman–Crippen LogP) is -6.20. The zero-order valence-electron chi connectivity index (χ0n) is 16.7. The Labute approximate surface area is 219 Å². The molecule has 0 bridgehead atoms. The van der Waals surface area contributed by atoms with Crippen molar-refractivity contribution in [1.29, 1.82) is 0 Å². The first-order chi connectivity index (χ1) is 15.3. The largest absolute Gasteiger partial charge is 1.00 e. The van der Waals surface area contributed by atoms with Crippen LogP contribution in [0.15, 0.2) is 27.0 Å². The van der Waals surface area contributed by atoms with E-state index < -0.39 is 34.9 Å². The molecule has 2 aliphatic heterocycles. The van der Waals surface area contributed by atoms with Gasteiger partial charge in [-0.3, -0.25) is 14.5 Å². The summed E-state index contributed by atoms with van der Waals surface area (Å²) in [6.45, 7) is 0. The number of carboxylic acid groups (broad SMARTS) is 1. The SMILES string of the molecule is Nc1nc(/C(=N/O)C(=O)N[C@@H]2C(=O)N3C(C(=O)[O-])=C(CSc4nnnn4N)CS[C@@H]23)cs1.[Na+]. The number of thiazole rings is 1. The average molecular weight is 521 g/mol. The fraction of sp³-hybridized carbons (Fsp3) is 0.286. The van der Waals surface area contributed by atoms with E-state index in [1.165, 1.54) is 17.1 Å². The number of aromatic nitrogens is 5. The van der Waals surface area contributed by atoms with Gasteiger partial charge in [-0.25, -0.2) is 4.98 Å². The molecule has 0 spiro atoms. The average Bonchev–Trinajstić information content (AvgIpc) is 3.37. The van der Waals surface area contributed by atoms with Gasteiger partial charge in [-0.15, -0.1) is 27.9 Å². The second-order valence-electron chi connectivity index (χ2n) is 6.31. The third kappa shape index (κ3) is 4.80. The Morgan fingerprint density at radius 2 is 2.21 bits per heavy atom. The normalized spacial score (nSPS) is 20.1. The number of aliphatic carboxylic acids is 1. The van der Waals surface area contributed by atoms with Crippen LogP contribution in [0.25, 0.3) is 0 Å². The van der Waals surface area contributed by atoms with Crippen LogP contribution in [0, 0.1) is 0 Å². The van der Waals surface area contributed by atoms with Gasteiger partial charge >= 0.3 is 29.6 Å². The zero-order valence-corrected chi connectivity index (χ0v) is 21.2. The van der Waals surface area contributed by atoms with E-state index in [1.54, 1.807) is 0 Å². The Bertz CT molecular complexity index is 1170. The Hall–Kier alpha value is -2.38. The van der Waals surface area contributed by atoms with Crippen molar-refractivity contribution in [1.82, 2.24) is 35.5 Å². The number of carboxylic acids is 1. The van der Waals surface area contributed by atoms with Gasteiger partial charge in [0, 0.05) is 16.9 Å². The Kier molecular flexibility index (Phi) is 7.85. The Morgan fingerprint density at radius 1 is 1.45 bits per heavy atom. The number of oxime groups is 1. The van der Waals surface area contributed by atoms with E-state index in [1.807, 2.05) is 0 Å². The number of nitrogen functional groups attached to an aromatic ring is 2. The summed E-state index contributed by atoms with van der Waals surface area (Å²) in [6, 6.07) is -1.03. The van der Waals surface area contributed by atoms with E-state index in [4.69, 9.17) is 11.6 Å². The van der Waals surface area contributed by atoms with Crippen LogP contribution in [0.1, 0.15) is 5.69 Å². The molecular formula is C14H13N10NaO5S3. The van der Waals surface area contributed by atoms with E-state index in [0.717, 1.165) is 32.8 Å². The number of nitrogens with one attached hydrogen (secondary N) is 1. The number of rotatable bonds is 7. The first kappa shape index (κ1) is 25.2. The van der Waals surface area contributed by atoms with Crippen LogP contribution < -0.4 is 51.6 Å². The minimum Gasteiger partial charge on any atom is -0.543 e. The van der Waals surface area contributed by atoms with Crippen LogP contribution in [0.5, 0.6) is 0 Å². The van der Waals surface area contributed by atoms with Crippen molar-refractivity contribution in [3.8, 4) is 0 Å². The van der Waals surface area contributed by atoms with Crippen LogP contribution >= 0.6 is 34.9 Å². The molecule has 2 amide bonds. The molecule has 6 N–H and O–H groups in total. The quantitative estimate of drug-likeness (QED) is 0.0507. The molecule has 19 heteroatoms. The number of hydrogen-bond donors (Lipinski definition) is 4. The molecule has 2 aromatic heterocycles. The number of thioether (sulfide) groups is 2. The molecule has 0 unspecified atom stereocenters. The number of carbonyl (C=O) groups is 3. The summed E-state index contributed by atoms with van der Waals surface area (Å²) in [5.41, 5.74) is 5.31. The molecule has 2 aromatic rings.